The summed E-state index contributed by atoms with van der Waals surface area (Å²) in [6, 6.07) is 13.5. The minimum atomic E-state index is -1.36. The monoisotopic (exact) mass is 1740 g/mol. The molecule has 0 saturated carbocycles. The van der Waals surface area contributed by atoms with Crippen LogP contribution in [0.4, 0.5) is 34.1 Å². The van der Waals surface area contributed by atoms with Gasteiger partial charge >= 0.3 is 0 Å². The van der Waals surface area contributed by atoms with Gasteiger partial charge in [-0.15, -0.1) is 0 Å². The predicted octanol–water partition coefficient (Wildman–Crippen LogP) is 34.4. The second-order valence-corrected chi connectivity index (χ2v) is 48.9. The molecule has 0 saturated heterocycles. The van der Waals surface area contributed by atoms with Crippen LogP contribution in [0.5, 0.6) is 0 Å². The van der Waals surface area contributed by atoms with Crippen molar-refractivity contribution in [2.45, 2.75) is 314 Å². The summed E-state index contributed by atoms with van der Waals surface area (Å²) in [5.41, 5.74) is -7.64. The highest BCUT2D eigenvalue weighted by Gasteiger charge is 2.48. The van der Waals surface area contributed by atoms with E-state index in [1.54, 1.807) is 84.2 Å². The van der Waals surface area contributed by atoms with Crippen LogP contribution in [0.1, 0.15) is 352 Å². The summed E-state index contributed by atoms with van der Waals surface area (Å²) in [6.07, 6.45) is 0. The Kier molecular flexibility index (Phi) is 15.8. The van der Waals surface area contributed by atoms with Gasteiger partial charge in [-0.05, 0) is 253 Å². The van der Waals surface area contributed by atoms with E-state index in [0.29, 0.717) is 33.2 Å². The first-order valence-corrected chi connectivity index (χ1v) is 46.2. The lowest BCUT2D eigenvalue weighted by molar-refractivity contribution is 0.568. The zero-order valence-electron chi connectivity index (χ0n) is 110. The fourth-order valence-corrected chi connectivity index (χ4v) is 17.7. The van der Waals surface area contributed by atoms with Crippen LogP contribution in [0.25, 0.3) is 94.3 Å². The molecule has 0 N–H and O–H groups in total. The van der Waals surface area contributed by atoms with E-state index >= 15 is 0 Å². The third kappa shape index (κ3) is 17.3. The van der Waals surface area contributed by atoms with E-state index in [-0.39, 0.29) is 146 Å². The molecule has 0 bridgehead atoms. The summed E-state index contributed by atoms with van der Waals surface area (Å²) >= 11 is 0. The van der Waals surface area contributed by atoms with Crippen molar-refractivity contribution in [2.75, 3.05) is 9.80 Å². The van der Waals surface area contributed by atoms with Gasteiger partial charge in [0.05, 0.1) is 63.7 Å². The molecule has 130 heavy (non-hydrogen) atoms. The molecule has 0 fully saturated rings. The van der Waals surface area contributed by atoms with Gasteiger partial charge in [-0.2, -0.15) is 0 Å². The summed E-state index contributed by atoms with van der Waals surface area (Å²) in [5, 5.41) is -0.718. The molecule has 2 aliphatic rings. The highest BCUT2D eigenvalue weighted by Crippen LogP contribution is 2.59. The zero-order chi connectivity index (χ0) is 117. The van der Waals surface area contributed by atoms with Gasteiger partial charge in [-0.1, -0.05) is 431 Å². The molecule has 0 unspecified atom stereocenters. The lowest BCUT2D eigenvalue weighted by Crippen LogP contribution is -2.61. The molecule has 4 heteroatoms. The number of fused-ring (bicyclic) bond motifs is 7. The molecule has 0 radical (unpaired) electrons. The number of aromatic nitrogens is 1. The molecule has 0 atom stereocenters. The molecule has 0 spiro atoms. The van der Waals surface area contributed by atoms with Crippen LogP contribution in [-0.4, -0.2) is 11.3 Å². The standard InChI is InChI=1S/C126H148BN3/c1-115(2,3)84-54-48-77(49-55-84)97-71-92(123(25,26)27)73-99(83-64-90(121(19,20)21)70-91(65-83)122(22,23)24)113(97)129-107-66-79(81-60-86(117(7,8)9)68-87(61-81)118(10,11)12)52-58-103(107)127-104-59-53-80(82-62-88(119(13,14)15)69-89(63-82)120(16,17)18)67-108(104)130(110-76-94(75-109(129)112(110)127)128-105-46-39-37-42-95(105)96-43-38-40-47-106(96)128)114-98(78-50-56-85(57-51-78)116(4,5)6)72-93(124(28,29)30)74-100(114)111-101(125(31,32)33)44-41-45-102(111)126(34,35)36/h37-76H,1-36H3/i37D,38D,39D,40D,41D,42D,43D,44D,45D,46D,47D,48D,49D,50D,51D,54D,55D,56D,57D,64D,65D,70D,71D,72D,73D,74D. The lowest BCUT2D eigenvalue weighted by atomic mass is 9.33. The molecule has 0 aliphatic carbocycles. The summed E-state index contributed by atoms with van der Waals surface area (Å²) in [6.45, 7) is 67.9. The van der Waals surface area contributed by atoms with E-state index in [4.69, 9.17) is 0 Å². The molecule has 2 aliphatic heterocycles. The fourth-order valence-electron chi connectivity index (χ4n) is 17.7. The normalized spacial score (nSPS) is 16.8. The highest BCUT2D eigenvalue weighted by atomic mass is 15.2. The van der Waals surface area contributed by atoms with Crippen LogP contribution in [0.2, 0.25) is 0 Å². The van der Waals surface area contributed by atoms with Crippen molar-refractivity contribution >= 4 is 79.0 Å². The highest BCUT2D eigenvalue weighted by molar-refractivity contribution is 7.00. The quantitative estimate of drug-likeness (QED) is 0.133. The third-order valence-electron chi connectivity index (χ3n) is 25.6. The van der Waals surface area contributed by atoms with Crippen LogP contribution in [0, 0.1) is 0 Å². The molecular formula is C126H148BN3. The second kappa shape index (κ2) is 31.5. The Morgan fingerprint density at radius 1 is 0.231 bits per heavy atom. The van der Waals surface area contributed by atoms with Crippen LogP contribution in [0.3, 0.4) is 0 Å². The minimum absolute atomic E-state index is 0.00221. The Labute approximate surface area is 820 Å². The Morgan fingerprint density at radius 2 is 0.538 bits per heavy atom. The Hall–Kier alpha value is -10.7. The molecule has 16 rings (SSSR count). The summed E-state index contributed by atoms with van der Waals surface area (Å²) in [5.74, 6) is 0. The molecule has 3 nitrogen and oxygen atoms in total. The average molecular weight is 1740 g/mol. The van der Waals surface area contributed by atoms with E-state index in [9.17, 15) is 35.6 Å². The van der Waals surface area contributed by atoms with Gasteiger partial charge in [0, 0.05) is 55.8 Å². The van der Waals surface area contributed by atoms with Gasteiger partial charge in [0.1, 0.15) is 0 Å². The molecule has 1 aromatic heterocycles. The van der Waals surface area contributed by atoms with E-state index < -0.39 is 239 Å². The number of anilines is 6. The number of hydrogen-bond donors (Lipinski definition) is 0. The van der Waals surface area contributed by atoms with Gasteiger partial charge in [0.2, 0.25) is 0 Å². The van der Waals surface area contributed by atoms with Crippen molar-refractivity contribution in [3.63, 3.8) is 0 Å². The fraction of sp³-hybridized carbons (Fsp3) is 0.381. The summed E-state index contributed by atoms with van der Waals surface area (Å²) < 4.78 is 282. The molecule has 14 aromatic rings. The van der Waals surface area contributed by atoms with Crippen LogP contribution in [-0.2, 0) is 65.0 Å². The number of benzene rings is 13. The number of hydrogen-bond acceptors (Lipinski definition) is 2. The van der Waals surface area contributed by atoms with E-state index in [1.807, 2.05) is 140 Å². The first kappa shape index (κ1) is 65.0. The molecular weight excluding hydrogens is 1570 g/mol. The van der Waals surface area contributed by atoms with Crippen molar-refractivity contribution in [3.8, 4) is 72.4 Å². The van der Waals surface area contributed by atoms with Crippen LogP contribution in [0.15, 0.2) is 242 Å². The maximum absolute atomic E-state index is 12.1. The van der Waals surface area contributed by atoms with E-state index in [2.05, 4.69) is 119 Å². The average Bonchev–Trinajstić information content (AvgIpc) is 0.828. The van der Waals surface area contributed by atoms with Crippen molar-refractivity contribution in [1.29, 1.82) is 0 Å². The summed E-state index contributed by atoms with van der Waals surface area (Å²) in [7, 11) is 0. The second-order valence-electron chi connectivity index (χ2n) is 48.9. The number of nitrogens with zero attached hydrogens (tertiary/aromatic N) is 3. The SMILES string of the molecule is [2H]c1c([2H])c(C(C)(C)C)c(-c2c([2H])c(C(C)(C)C)c([2H])c(-c3c([2H])c([2H])c(C(C)(C)C)c([2H])c3[2H])c2N2c3cc(-c4cc(C(C)(C)C)cc(C(C)(C)C)c4)ccc3B3c4ccc(-c5cc(C(C)(C)C)cc(C(C)(C)C)c5)cc4N(c4c(-c5c([2H])c([2H])c(C(C)(C)C)c([2H])c5[2H])c([2H])c(C(C)(C)C)c([2H])c4-c4c([2H])c(C(C)(C)C)c([2H])c(C(C)(C)C)c4[2H])c4cc(-n5c6c([2H])c([2H])c([2H])c([2H])c6c6c([2H])c([2H])c([2H])c([2H])c65)cc2c43)c(C(C)(C)C)c1[2H]. The van der Waals surface area contributed by atoms with Crippen molar-refractivity contribution < 1.29 is 35.6 Å². The van der Waals surface area contributed by atoms with Gasteiger partial charge in [-0.3, -0.25) is 0 Å². The van der Waals surface area contributed by atoms with Crippen molar-refractivity contribution in [1.82, 2.24) is 4.57 Å². The molecule has 0 amide bonds. The molecule has 670 valence electrons. The van der Waals surface area contributed by atoms with Gasteiger partial charge < -0.3 is 14.4 Å². The minimum Gasteiger partial charge on any atom is -0.310 e. The van der Waals surface area contributed by atoms with Crippen molar-refractivity contribution in [3.05, 3.63) is 309 Å². The van der Waals surface area contributed by atoms with Gasteiger partial charge in [-0.25, -0.2) is 0 Å². The lowest BCUT2D eigenvalue weighted by Gasteiger charge is -2.46. The van der Waals surface area contributed by atoms with Crippen molar-refractivity contribution in [2.24, 2.45) is 0 Å². The first-order valence-electron chi connectivity index (χ1n) is 59.2. The van der Waals surface area contributed by atoms with Gasteiger partial charge in [0.25, 0.3) is 6.71 Å². The smallest absolute Gasteiger partial charge is 0.252 e. The van der Waals surface area contributed by atoms with E-state index in [0.717, 1.165) is 22.3 Å². The van der Waals surface area contributed by atoms with Crippen LogP contribution >= 0.6 is 0 Å². The Bertz CT molecular complexity index is 8180. The number of para-hydroxylation sites is 2. The third-order valence-corrected chi connectivity index (χ3v) is 25.6. The molecule has 13 aromatic carbocycles. The Morgan fingerprint density at radius 3 is 0.869 bits per heavy atom. The zero-order valence-corrected chi connectivity index (χ0v) is 84.0. The van der Waals surface area contributed by atoms with Crippen LogP contribution < -0.4 is 26.2 Å². The van der Waals surface area contributed by atoms with Gasteiger partial charge in [0.15, 0.2) is 0 Å². The topological polar surface area (TPSA) is 11.4 Å². The maximum atomic E-state index is 12.1. The summed E-state index contributed by atoms with van der Waals surface area (Å²) in [4.78, 5) is 3.54. The predicted molar refractivity (Wildman–Crippen MR) is 572 cm³/mol. The Balaban J connectivity index is 1.37. The maximum Gasteiger partial charge on any atom is 0.252 e. The molecule has 3 heterocycles. The number of rotatable bonds is 9. The largest absolute Gasteiger partial charge is 0.310 e. The van der Waals surface area contributed by atoms with E-state index in [1.165, 1.54) is 4.57 Å². The first-order chi connectivity index (χ1) is 70.9.